The van der Waals surface area contributed by atoms with E-state index in [0.717, 1.165) is 25.3 Å². The smallest absolute Gasteiger partial charge is 0.387 e. The van der Waals surface area contributed by atoms with E-state index in [9.17, 15) is 13.6 Å². The van der Waals surface area contributed by atoms with Gasteiger partial charge in [-0.25, -0.2) is 0 Å². The van der Waals surface area contributed by atoms with Crippen molar-refractivity contribution in [1.29, 1.82) is 0 Å². The lowest BCUT2D eigenvalue weighted by molar-refractivity contribution is -0.124. The number of halogens is 2. The van der Waals surface area contributed by atoms with Gasteiger partial charge in [0.15, 0.2) is 11.9 Å². The molecule has 34 heavy (non-hydrogen) atoms. The molecule has 2 N–H and O–H groups in total. The molecule has 1 amide bonds. The van der Waals surface area contributed by atoms with Gasteiger partial charge in [-0.1, -0.05) is 17.4 Å². The summed E-state index contributed by atoms with van der Waals surface area (Å²) < 4.78 is 35.3. The molecule has 0 spiro atoms. The molecule has 2 aromatic heterocycles. The molecule has 1 aliphatic heterocycles. The standard InChI is InChI=1S/C21H25F2N7O3S/c1-2-32-17(13-5-3-6-15(11-13)33-19(22)23)18(31)26-21-29-28-20(34-21)25-14-8-10-30(12-14)16-7-4-9-24-27-16/h4-5,7,9,11,14,17,19H,2-3,6,8,10,12H2,1H3,(H,25,28)(H,26,29,31)/t14-,17-/m1/s1. The van der Waals surface area contributed by atoms with E-state index in [1.807, 2.05) is 12.1 Å². The van der Waals surface area contributed by atoms with E-state index in [-0.39, 0.29) is 18.4 Å². The fourth-order valence-electron chi connectivity index (χ4n) is 3.80. The molecule has 4 rings (SSSR count). The molecule has 1 aliphatic carbocycles. The van der Waals surface area contributed by atoms with Gasteiger partial charge in [0, 0.05) is 38.4 Å². The van der Waals surface area contributed by atoms with Crippen LogP contribution in [-0.4, -0.2) is 64.8 Å². The molecule has 0 saturated carbocycles. The van der Waals surface area contributed by atoms with Crippen molar-refractivity contribution in [3.05, 3.63) is 41.8 Å². The zero-order valence-electron chi connectivity index (χ0n) is 18.5. The zero-order chi connectivity index (χ0) is 23.9. The number of aromatic nitrogens is 4. The summed E-state index contributed by atoms with van der Waals surface area (Å²) in [5.74, 6) is 0.492. The third-order valence-electron chi connectivity index (χ3n) is 5.27. The van der Waals surface area contributed by atoms with Gasteiger partial charge >= 0.3 is 6.61 Å². The molecule has 13 heteroatoms. The first kappa shape index (κ1) is 24.0. The zero-order valence-corrected chi connectivity index (χ0v) is 19.3. The van der Waals surface area contributed by atoms with E-state index < -0.39 is 18.6 Å². The molecule has 182 valence electrons. The summed E-state index contributed by atoms with van der Waals surface area (Å²) in [5.41, 5.74) is 0.471. The molecular weight excluding hydrogens is 468 g/mol. The van der Waals surface area contributed by atoms with Gasteiger partial charge in [0.1, 0.15) is 5.76 Å². The molecule has 2 atom stereocenters. The molecule has 1 saturated heterocycles. The van der Waals surface area contributed by atoms with E-state index in [1.54, 1.807) is 19.2 Å². The minimum absolute atomic E-state index is 0.125. The lowest BCUT2D eigenvalue weighted by atomic mass is 10.00. The number of allylic oxidation sites excluding steroid dienone is 2. The van der Waals surface area contributed by atoms with Crippen LogP contribution < -0.4 is 15.5 Å². The Bertz CT molecular complexity index is 1030. The first-order chi connectivity index (χ1) is 16.5. The van der Waals surface area contributed by atoms with Crippen LogP contribution in [0.2, 0.25) is 0 Å². The van der Waals surface area contributed by atoms with Crippen LogP contribution >= 0.6 is 11.3 Å². The normalized spacial score (nSPS) is 18.9. The van der Waals surface area contributed by atoms with Gasteiger partial charge in [-0.15, -0.1) is 15.3 Å². The first-order valence-electron chi connectivity index (χ1n) is 10.9. The highest BCUT2D eigenvalue weighted by atomic mass is 32.1. The lowest BCUT2D eigenvalue weighted by Crippen LogP contribution is -2.32. The number of hydrogen-bond donors (Lipinski definition) is 2. The maximum absolute atomic E-state index is 12.9. The number of rotatable bonds is 10. The summed E-state index contributed by atoms with van der Waals surface area (Å²) in [6, 6.07) is 3.92. The predicted octanol–water partition coefficient (Wildman–Crippen LogP) is 3.21. The second-order valence-corrected chi connectivity index (χ2v) is 8.60. The molecule has 2 aliphatic rings. The average molecular weight is 494 g/mol. The van der Waals surface area contributed by atoms with Crippen molar-refractivity contribution in [1.82, 2.24) is 20.4 Å². The molecule has 10 nitrogen and oxygen atoms in total. The number of ether oxygens (including phenoxy) is 2. The number of nitrogens with zero attached hydrogens (tertiary/aromatic N) is 5. The Labute approximate surface area is 199 Å². The minimum atomic E-state index is -2.91. The van der Waals surface area contributed by atoms with Crippen LogP contribution in [-0.2, 0) is 14.3 Å². The molecule has 0 radical (unpaired) electrons. The van der Waals surface area contributed by atoms with Crippen LogP contribution in [0.5, 0.6) is 0 Å². The van der Waals surface area contributed by atoms with Gasteiger partial charge in [0.25, 0.3) is 5.91 Å². The molecule has 1 fully saturated rings. The van der Waals surface area contributed by atoms with Gasteiger partial charge in [-0.2, -0.15) is 13.9 Å². The average Bonchev–Trinajstić information content (AvgIpc) is 3.47. The number of hydrogen-bond acceptors (Lipinski definition) is 10. The quantitative estimate of drug-likeness (QED) is 0.515. The lowest BCUT2D eigenvalue weighted by Gasteiger charge is -2.21. The van der Waals surface area contributed by atoms with Crippen LogP contribution in [0.4, 0.5) is 24.9 Å². The molecule has 0 aromatic carbocycles. The minimum Gasteiger partial charge on any atom is -0.439 e. The first-order valence-corrected chi connectivity index (χ1v) is 11.7. The maximum Gasteiger partial charge on any atom is 0.387 e. The Morgan fingerprint density at radius 3 is 2.94 bits per heavy atom. The highest BCUT2D eigenvalue weighted by molar-refractivity contribution is 7.19. The largest absolute Gasteiger partial charge is 0.439 e. The Morgan fingerprint density at radius 1 is 1.32 bits per heavy atom. The van der Waals surface area contributed by atoms with Crippen LogP contribution in [0.1, 0.15) is 26.2 Å². The van der Waals surface area contributed by atoms with Crippen molar-refractivity contribution < 1.29 is 23.0 Å². The maximum atomic E-state index is 12.9. The number of carbonyl (C=O) groups is 1. The highest BCUT2D eigenvalue weighted by Crippen LogP contribution is 2.27. The Kier molecular flexibility index (Phi) is 7.95. The summed E-state index contributed by atoms with van der Waals surface area (Å²) in [6.07, 6.45) is 5.60. The molecule has 0 bridgehead atoms. The molecular formula is C21H25F2N7O3S. The van der Waals surface area contributed by atoms with Crippen LogP contribution in [0.25, 0.3) is 0 Å². The molecule has 2 aromatic rings. The third-order valence-corrected chi connectivity index (χ3v) is 6.04. The molecule has 0 unspecified atom stereocenters. The Morgan fingerprint density at radius 2 is 2.18 bits per heavy atom. The number of carbonyl (C=O) groups excluding carboxylic acids is 1. The van der Waals surface area contributed by atoms with Crippen LogP contribution in [0.15, 0.2) is 41.8 Å². The summed E-state index contributed by atoms with van der Waals surface area (Å²) in [4.78, 5) is 15.0. The predicted molar refractivity (Wildman–Crippen MR) is 123 cm³/mol. The third kappa shape index (κ3) is 6.23. The van der Waals surface area contributed by atoms with Crippen molar-refractivity contribution >= 4 is 33.3 Å². The highest BCUT2D eigenvalue weighted by Gasteiger charge is 2.27. The summed E-state index contributed by atoms with van der Waals surface area (Å²) >= 11 is 1.21. The van der Waals surface area contributed by atoms with E-state index >= 15 is 0 Å². The fraction of sp³-hybridized carbons (Fsp3) is 0.476. The van der Waals surface area contributed by atoms with Gasteiger partial charge in [-0.3, -0.25) is 10.1 Å². The topological polar surface area (TPSA) is 114 Å². The second kappa shape index (κ2) is 11.3. The van der Waals surface area contributed by atoms with Crippen molar-refractivity contribution in [3.8, 4) is 0 Å². The second-order valence-electron chi connectivity index (χ2n) is 7.63. The fourth-order valence-corrected chi connectivity index (χ4v) is 4.53. The summed E-state index contributed by atoms with van der Waals surface area (Å²) in [7, 11) is 0. The summed E-state index contributed by atoms with van der Waals surface area (Å²) in [6.45, 7) is 0.694. The number of alkyl halides is 2. The monoisotopic (exact) mass is 493 g/mol. The van der Waals surface area contributed by atoms with Crippen molar-refractivity contribution in [2.45, 2.75) is 44.9 Å². The summed E-state index contributed by atoms with van der Waals surface area (Å²) in [5, 5.41) is 23.2. The number of amides is 1. The Balaban J connectivity index is 1.34. The van der Waals surface area contributed by atoms with E-state index in [2.05, 4.69) is 40.7 Å². The van der Waals surface area contributed by atoms with Crippen molar-refractivity contribution in [3.63, 3.8) is 0 Å². The van der Waals surface area contributed by atoms with Gasteiger partial charge in [0.05, 0.1) is 0 Å². The van der Waals surface area contributed by atoms with Crippen LogP contribution in [0.3, 0.4) is 0 Å². The van der Waals surface area contributed by atoms with Crippen molar-refractivity contribution in [2.24, 2.45) is 0 Å². The van der Waals surface area contributed by atoms with E-state index in [1.165, 1.54) is 17.4 Å². The number of nitrogens with one attached hydrogen (secondary N) is 2. The van der Waals surface area contributed by atoms with Crippen molar-refractivity contribution in [2.75, 3.05) is 35.2 Å². The van der Waals surface area contributed by atoms with Crippen LogP contribution in [0, 0.1) is 0 Å². The van der Waals surface area contributed by atoms with Gasteiger partial charge < -0.3 is 19.7 Å². The number of anilines is 3. The molecule has 3 heterocycles. The SMILES string of the molecule is CCO[C@@H](C(=O)Nc1nnc(N[C@@H]2CCN(c3cccnn3)C2)s1)C1=CCCC(OC(F)F)=C1. The van der Waals surface area contributed by atoms with Gasteiger partial charge in [-0.05, 0) is 43.5 Å². The van der Waals surface area contributed by atoms with Gasteiger partial charge in [0.2, 0.25) is 10.3 Å². The van der Waals surface area contributed by atoms with E-state index in [0.29, 0.717) is 28.7 Å². The van der Waals surface area contributed by atoms with E-state index in [4.69, 9.17) is 4.74 Å². The Hall–Kier alpha value is -3.19.